The topological polar surface area (TPSA) is 0 Å². The van der Waals surface area contributed by atoms with Crippen molar-refractivity contribution in [2.45, 2.75) is 194 Å². The summed E-state index contributed by atoms with van der Waals surface area (Å²) in [6.07, 6.45) is 37.7. The second-order valence-electron chi connectivity index (χ2n) is 16.8. The first kappa shape index (κ1) is 38.0. The second kappa shape index (κ2) is 18.8. The fourth-order valence-corrected chi connectivity index (χ4v) is 28.1. The monoisotopic (exact) mass is 740 g/mol. The van der Waals surface area contributed by atoms with Gasteiger partial charge in [-0.1, -0.05) is 0 Å². The van der Waals surface area contributed by atoms with Gasteiger partial charge in [0.2, 0.25) is 0 Å². The van der Waals surface area contributed by atoms with Crippen LogP contribution in [0.2, 0.25) is 13.1 Å². The number of rotatable bonds is 10. The van der Waals surface area contributed by atoms with Crippen LogP contribution in [0.4, 0.5) is 0 Å². The van der Waals surface area contributed by atoms with Gasteiger partial charge in [0, 0.05) is 0 Å². The van der Waals surface area contributed by atoms with Crippen molar-refractivity contribution in [1.82, 2.24) is 0 Å². The predicted octanol–water partition coefficient (Wildman–Crippen LogP) is 14.9. The third-order valence-corrected chi connectivity index (χ3v) is 51.9. The van der Waals surface area contributed by atoms with Crippen molar-refractivity contribution in [1.29, 1.82) is 0 Å². The van der Waals surface area contributed by atoms with Crippen LogP contribution in [-0.2, 0) is 15.0 Å². The van der Waals surface area contributed by atoms with Gasteiger partial charge >= 0.3 is 286 Å². The Morgan fingerprint density at radius 2 is 0.909 bits per heavy atom. The molecule has 4 rings (SSSR count). The van der Waals surface area contributed by atoms with Gasteiger partial charge in [-0.05, 0) is 0 Å². The van der Waals surface area contributed by atoms with Crippen molar-refractivity contribution in [3.8, 4) is 0 Å². The number of hydrogen-bond donors (Lipinski definition) is 0. The minimum absolute atomic E-state index is 0.817. The number of allylic oxidation sites excluding steroid dienone is 2. The molecule has 4 heteroatoms. The van der Waals surface area contributed by atoms with Crippen molar-refractivity contribution in [3.63, 3.8) is 0 Å². The van der Waals surface area contributed by atoms with Crippen LogP contribution >= 0.6 is 17.0 Å². The quantitative estimate of drug-likeness (QED) is 0.196. The summed E-state index contributed by atoms with van der Waals surface area (Å²) in [5, 5.41) is 0. The molecule has 0 aromatic carbocycles. The van der Waals surface area contributed by atoms with Gasteiger partial charge in [0.25, 0.3) is 0 Å². The van der Waals surface area contributed by atoms with Crippen LogP contribution in [0.15, 0.2) is 18.7 Å². The average Bonchev–Trinajstić information content (AvgIpc) is 3.64. The van der Waals surface area contributed by atoms with Crippen molar-refractivity contribution in [2.75, 3.05) is 0 Å². The first-order valence-electron chi connectivity index (χ1n) is 19.9. The summed E-state index contributed by atoms with van der Waals surface area (Å²) < 4.78 is 5.00. The fourth-order valence-electron chi connectivity index (χ4n) is 10.6. The van der Waals surface area contributed by atoms with Gasteiger partial charge in [-0.3, -0.25) is 0 Å². The number of hydrogen-bond acceptors (Lipinski definition) is 0. The Hall–Kier alpha value is 1.16. The van der Waals surface area contributed by atoms with E-state index in [-0.39, 0.29) is 0 Å². The Bertz CT molecular complexity index is 933. The van der Waals surface area contributed by atoms with E-state index in [0.717, 1.165) is 35.5 Å². The molecule has 6 unspecified atom stereocenters. The molecule has 4 saturated carbocycles. The summed E-state index contributed by atoms with van der Waals surface area (Å²) in [7, 11) is 15.5. The second-order valence-corrected chi connectivity index (χ2v) is 54.2. The Kier molecular flexibility index (Phi) is 16.2. The van der Waals surface area contributed by atoms with Crippen LogP contribution in [0, 0.1) is 35.5 Å². The molecule has 0 saturated heterocycles. The normalized spacial score (nSPS) is 32.2. The molecule has 0 aliphatic heterocycles. The minimum atomic E-state index is -4.07. The van der Waals surface area contributed by atoms with E-state index in [4.69, 9.17) is 17.0 Å². The molecular formula is C40H72Cl2SiZr. The Morgan fingerprint density at radius 3 is 1.32 bits per heavy atom. The molecule has 0 amide bonds. The molecule has 0 bridgehead atoms. The van der Waals surface area contributed by atoms with E-state index < -0.39 is 20.4 Å². The van der Waals surface area contributed by atoms with Gasteiger partial charge in [0.05, 0.1) is 0 Å². The molecule has 4 aliphatic rings. The van der Waals surface area contributed by atoms with Crippen molar-refractivity contribution < 1.29 is 15.0 Å². The van der Waals surface area contributed by atoms with Gasteiger partial charge in [-0.25, -0.2) is 0 Å². The number of fused-ring (bicyclic) bond motifs is 2. The number of halogens is 2. The molecule has 0 heterocycles. The van der Waals surface area contributed by atoms with E-state index in [2.05, 4.69) is 34.5 Å². The Balaban J connectivity index is 1.33. The zero-order chi connectivity index (χ0) is 31.4. The molecule has 0 radical (unpaired) electrons. The maximum atomic E-state index is 7.73. The molecule has 4 aliphatic carbocycles. The Labute approximate surface area is 283 Å². The summed E-state index contributed by atoms with van der Waals surface area (Å²) in [5.74, 6) is 6.04. The molecule has 0 N–H and O–H groups in total. The zero-order valence-corrected chi connectivity index (χ0v) is 34.7. The standard InChI is InChI=1S/2C19H33.C2H6Si.2ClH.Zr/c2*1-16(2)10-8-13-17-11-6-4-3-5-7-12-18-14-9-15-19(17)18;1-3-2;;;/h2*1,17-19H,3-15H2,2H3;1-2H3;2*1H;/q;;;;;+2/p-2. The van der Waals surface area contributed by atoms with E-state index in [1.54, 1.807) is 0 Å². The molecule has 0 aromatic rings. The SMILES string of the molecule is CC(=[CH][Zr]([Cl])([Cl])([CH]=C(C)CCCC1CCCCCCCC2CCCC12)=[Si](C)C)CCCC1CCCCCCCC2CCCC12. The van der Waals surface area contributed by atoms with Crippen molar-refractivity contribution >= 4 is 22.5 Å². The fraction of sp³-hybridized carbons (Fsp3) is 0.900. The van der Waals surface area contributed by atoms with Crippen molar-refractivity contribution in [3.05, 3.63) is 18.7 Å². The van der Waals surface area contributed by atoms with E-state index in [1.807, 2.05) is 0 Å². The van der Waals surface area contributed by atoms with E-state index in [1.165, 1.54) is 178 Å². The van der Waals surface area contributed by atoms with E-state index in [9.17, 15) is 0 Å². The summed E-state index contributed by atoms with van der Waals surface area (Å²) in [5.41, 5.74) is 2.17. The summed E-state index contributed by atoms with van der Waals surface area (Å²) >= 11 is -4.07. The molecule has 254 valence electrons. The van der Waals surface area contributed by atoms with Gasteiger partial charge < -0.3 is 0 Å². The van der Waals surface area contributed by atoms with Crippen LogP contribution in [0.3, 0.4) is 0 Å². The molecule has 0 spiro atoms. The first-order chi connectivity index (χ1) is 21.1. The summed E-state index contributed by atoms with van der Waals surface area (Å²) in [6, 6.07) is 0. The molecule has 0 nitrogen and oxygen atoms in total. The summed E-state index contributed by atoms with van der Waals surface area (Å²) in [6.45, 7) is 9.50. The first-order valence-corrected chi connectivity index (χ1v) is 35.3. The van der Waals surface area contributed by atoms with E-state index in [0.29, 0.717) is 0 Å². The predicted molar refractivity (Wildman–Crippen MR) is 198 cm³/mol. The summed E-state index contributed by atoms with van der Waals surface area (Å²) in [4.78, 5) is 0. The molecule has 44 heavy (non-hydrogen) atoms. The molecule has 4 fully saturated rings. The zero-order valence-electron chi connectivity index (χ0n) is 29.8. The van der Waals surface area contributed by atoms with Gasteiger partial charge in [-0.15, -0.1) is 0 Å². The van der Waals surface area contributed by atoms with Gasteiger partial charge in [-0.2, -0.15) is 0 Å². The van der Waals surface area contributed by atoms with Crippen molar-refractivity contribution in [2.24, 2.45) is 35.5 Å². The van der Waals surface area contributed by atoms with Crippen LogP contribution < -0.4 is 0 Å². The Morgan fingerprint density at radius 1 is 0.545 bits per heavy atom. The third-order valence-electron chi connectivity index (χ3n) is 13.2. The average molecular weight is 743 g/mol. The van der Waals surface area contributed by atoms with Crippen LogP contribution in [0.5, 0.6) is 0 Å². The molecule has 6 atom stereocenters. The van der Waals surface area contributed by atoms with Gasteiger partial charge in [0.1, 0.15) is 0 Å². The van der Waals surface area contributed by atoms with Gasteiger partial charge in [0.15, 0.2) is 0 Å². The van der Waals surface area contributed by atoms with Crippen LogP contribution in [0.1, 0.15) is 181 Å². The van der Waals surface area contributed by atoms with Crippen LogP contribution in [0.25, 0.3) is 0 Å². The molecule has 0 aromatic heterocycles. The van der Waals surface area contributed by atoms with E-state index >= 15 is 0 Å². The maximum absolute atomic E-state index is 7.73. The molecular weight excluding hydrogens is 671 g/mol. The third kappa shape index (κ3) is 11.6. The van der Waals surface area contributed by atoms with Crippen LogP contribution in [-0.4, -0.2) is 5.43 Å².